The second-order valence-electron chi connectivity index (χ2n) is 3.31. The van der Waals surface area contributed by atoms with Crippen LogP contribution in [-0.2, 0) is 4.79 Å². The second kappa shape index (κ2) is 7.96. The minimum atomic E-state index is -0.0316. The summed E-state index contributed by atoms with van der Waals surface area (Å²) in [4.78, 5) is 11.4. The fourth-order valence-electron chi connectivity index (χ4n) is 1.23. The number of rotatable bonds is 5. The second-order valence-corrected chi connectivity index (χ2v) is 3.31. The molecule has 0 bridgehead atoms. The number of phenols is 1. The lowest BCUT2D eigenvalue weighted by molar-refractivity contribution is -0.116. The summed E-state index contributed by atoms with van der Waals surface area (Å²) >= 11 is 0. The SMILES string of the molecule is CNCCCC(=O)Nc1cccc(O)c1.Cl. The van der Waals surface area contributed by atoms with Crippen LogP contribution in [0.3, 0.4) is 0 Å². The van der Waals surface area contributed by atoms with Crippen molar-refractivity contribution in [3.63, 3.8) is 0 Å². The molecule has 4 nitrogen and oxygen atoms in total. The molecular weight excluding hydrogens is 228 g/mol. The van der Waals surface area contributed by atoms with E-state index >= 15 is 0 Å². The Kier molecular flexibility index (Phi) is 7.33. The number of halogens is 1. The number of phenolic OH excluding ortho intramolecular Hbond substituents is 1. The van der Waals surface area contributed by atoms with Crippen molar-refractivity contribution in [2.45, 2.75) is 12.8 Å². The van der Waals surface area contributed by atoms with Gasteiger partial charge in [0.05, 0.1) is 0 Å². The van der Waals surface area contributed by atoms with Crippen LogP contribution in [0.1, 0.15) is 12.8 Å². The molecular formula is C11H17ClN2O2. The van der Waals surface area contributed by atoms with Crippen LogP contribution in [0.5, 0.6) is 5.75 Å². The number of hydrogen-bond donors (Lipinski definition) is 3. The van der Waals surface area contributed by atoms with Crippen LogP contribution in [0, 0.1) is 0 Å². The summed E-state index contributed by atoms with van der Waals surface area (Å²) in [5.74, 6) is 0.124. The Bertz CT molecular complexity index is 332. The summed E-state index contributed by atoms with van der Waals surface area (Å²) in [6.07, 6.45) is 1.29. The van der Waals surface area contributed by atoms with Crippen molar-refractivity contribution in [2.75, 3.05) is 18.9 Å². The van der Waals surface area contributed by atoms with Crippen LogP contribution in [-0.4, -0.2) is 24.6 Å². The van der Waals surface area contributed by atoms with Crippen LogP contribution in [0.2, 0.25) is 0 Å². The first kappa shape index (κ1) is 14.7. The number of hydrogen-bond acceptors (Lipinski definition) is 3. The standard InChI is InChI=1S/C11H16N2O2.ClH/c1-12-7-3-6-11(15)13-9-4-2-5-10(14)8-9;/h2,4-5,8,12,14H,3,6-7H2,1H3,(H,13,15);1H. The minimum Gasteiger partial charge on any atom is -0.508 e. The molecule has 0 radical (unpaired) electrons. The average Bonchev–Trinajstić information content (AvgIpc) is 2.18. The maximum Gasteiger partial charge on any atom is 0.224 e. The van der Waals surface area contributed by atoms with Gasteiger partial charge in [0.15, 0.2) is 0 Å². The molecule has 1 aromatic carbocycles. The molecule has 0 fully saturated rings. The highest BCUT2D eigenvalue weighted by Gasteiger charge is 2.01. The van der Waals surface area contributed by atoms with E-state index in [1.807, 2.05) is 7.05 Å². The Morgan fingerprint density at radius 1 is 1.44 bits per heavy atom. The largest absolute Gasteiger partial charge is 0.508 e. The Morgan fingerprint density at radius 2 is 2.19 bits per heavy atom. The normalized spacial score (nSPS) is 9.31. The van der Waals surface area contributed by atoms with E-state index in [1.165, 1.54) is 6.07 Å². The fraction of sp³-hybridized carbons (Fsp3) is 0.364. The number of nitrogens with one attached hydrogen (secondary N) is 2. The van der Waals surface area contributed by atoms with Crippen molar-refractivity contribution < 1.29 is 9.90 Å². The monoisotopic (exact) mass is 244 g/mol. The first-order valence-corrected chi connectivity index (χ1v) is 4.96. The molecule has 0 saturated heterocycles. The van der Waals surface area contributed by atoms with E-state index in [2.05, 4.69) is 10.6 Å². The van der Waals surface area contributed by atoms with Gasteiger partial charge in [0.25, 0.3) is 0 Å². The van der Waals surface area contributed by atoms with Gasteiger partial charge in [-0.05, 0) is 32.1 Å². The summed E-state index contributed by atoms with van der Waals surface area (Å²) in [5.41, 5.74) is 0.629. The molecule has 0 aromatic heterocycles. The number of carbonyl (C=O) groups is 1. The lowest BCUT2D eigenvalue weighted by atomic mass is 10.2. The zero-order valence-electron chi connectivity index (χ0n) is 9.19. The molecule has 0 spiro atoms. The van der Waals surface area contributed by atoms with E-state index in [4.69, 9.17) is 0 Å². The maximum absolute atomic E-state index is 11.4. The molecule has 1 rings (SSSR count). The molecule has 1 aromatic rings. The summed E-state index contributed by atoms with van der Waals surface area (Å²) in [5, 5.41) is 14.9. The molecule has 16 heavy (non-hydrogen) atoms. The van der Waals surface area contributed by atoms with Gasteiger partial charge in [-0.15, -0.1) is 12.4 Å². The molecule has 1 amide bonds. The van der Waals surface area contributed by atoms with Gasteiger partial charge in [-0.3, -0.25) is 4.79 Å². The van der Waals surface area contributed by atoms with Crippen molar-refractivity contribution in [1.82, 2.24) is 5.32 Å². The Balaban J connectivity index is 0.00000225. The third kappa shape index (κ3) is 5.58. The number of carbonyl (C=O) groups excluding carboxylic acids is 1. The first-order valence-electron chi connectivity index (χ1n) is 4.96. The summed E-state index contributed by atoms with van der Waals surface area (Å²) in [7, 11) is 1.85. The highest BCUT2D eigenvalue weighted by molar-refractivity contribution is 5.90. The molecule has 0 aliphatic heterocycles. The molecule has 0 aliphatic rings. The Morgan fingerprint density at radius 3 is 2.81 bits per heavy atom. The van der Waals surface area contributed by atoms with Crippen molar-refractivity contribution in [1.29, 1.82) is 0 Å². The van der Waals surface area contributed by atoms with E-state index in [0.717, 1.165) is 13.0 Å². The van der Waals surface area contributed by atoms with E-state index in [9.17, 15) is 9.90 Å². The van der Waals surface area contributed by atoms with Gasteiger partial charge in [0.2, 0.25) is 5.91 Å². The van der Waals surface area contributed by atoms with Gasteiger partial charge in [-0.1, -0.05) is 6.07 Å². The molecule has 0 aliphatic carbocycles. The number of benzene rings is 1. The van der Waals surface area contributed by atoms with Crippen molar-refractivity contribution in [2.24, 2.45) is 0 Å². The lowest BCUT2D eigenvalue weighted by Crippen LogP contribution is -2.15. The summed E-state index contributed by atoms with van der Waals surface area (Å²) < 4.78 is 0. The molecule has 0 heterocycles. The maximum atomic E-state index is 11.4. The zero-order valence-corrected chi connectivity index (χ0v) is 10.0. The summed E-state index contributed by atoms with van der Waals surface area (Å²) in [6, 6.07) is 6.53. The highest BCUT2D eigenvalue weighted by Crippen LogP contribution is 2.15. The quantitative estimate of drug-likeness (QED) is 0.692. The van der Waals surface area contributed by atoms with Crippen molar-refractivity contribution in [3.05, 3.63) is 24.3 Å². The molecule has 0 unspecified atom stereocenters. The summed E-state index contributed by atoms with van der Waals surface area (Å²) in [6.45, 7) is 0.827. The fourth-order valence-corrected chi connectivity index (χ4v) is 1.23. The average molecular weight is 245 g/mol. The zero-order chi connectivity index (χ0) is 11.1. The molecule has 5 heteroatoms. The highest BCUT2D eigenvalue weighted by atomic mass is 35.5. The van der Waals surface area contributed by atoms with Gasteiger partial charge in [-0.2, -0.15) is 0 Å². The first-order chi connectivity index (χ1) is 7.22. The minimum absolute atomic E-state index is 0. The van der Waals surface area contributed by atoms with E-state index in [0.29, 0.717) is 12.1 Å². The van der Waals surface area contributed by atoms with Crippen LogP contribution >= 0.6 is 12.4 Å². The number of aromatic hydroxyl groups is 1. The van der Waals surface area contributed by atoms with Crippen LogP contribution in [0.25, 0.3) is 0 Å². The molecule has 90 valence electrons. The van der Waals surface area contributed by atoms with Gasteiger partial charge < -0.3 is 15.7 Å². The molecule has 0 saturated carbocycles. The smallest absolute Gasteiger partial charge is 0.224 e. The van der Waals surface area contributed by atoms with Crippen LogP contribution in [0.15, 0.2) is 24.3 Å². The predicted octanol–water partition coefficient (Wildman–Crippen LogP) is 1.75. The van der Waals surface area contributed by atoms with Crippen molar-refractivity contribution in [3.8, 4) is 5.75 Å². The van der Waals surface area contributed by atoms with Crippen molar-refractivity contribution >= 4 is 24.0 Å². The lowest BCUT2D eigenvalue weighted by Gasteiger charge is -2.05. The van der Waals surface area contributed by atoms with E-state index < -0.39 is 0 Å². The van der Waals surface area contributed by atoms with Crippen LogP contribution in [0.4, 0.5) is 5.69 Å². The predicted molar refractivity (Wildman–Crippen MR) is 67.1 cm³/mol. The van der Waals surface area contributed by atoms with Gasteiger partial charge in [0, 0.05) is 18.2 Å². The van der Waals surface area contributed by atoms with Crippen LogP contribution < -0.4 is 10.6 Å². The van der Waals surface area contributed by atoms with Gasteiger partial charge in [-0.25, -0.2) is 0 Å². The third-order valence-electron chi connectivity index (χ3n) is 1.96. The van der Waals surface area contributed by atoms with E-state index in [-0.39, 0.29) is 24.1 Å². The van der Waals surface area contributed by atoms with Gasteiger partial charge >= 0.3 is 0 Å². The molecule has 0 atom stereocenters. The topological polar surface area (TPSA) is 61.4 Å². The Hall–Kier alpha value is -1.26. The Labute approximate surface area is 101 Å². The number of anilines is 1. The van der Waals surface area contributed by atoms with Gasteiger partial charge in [0.1, 0.15) is 5.75 Å². The third-order valence-corrected chi connectivity index (χ3v) is 1.96. The van der Waals surface area contributed by atoms with E-state index in [1.54, 1.807) is 18.2 Å². The number of amides is 1. The molecule has 3 N–H and O–H groups in total.